The number of hydrogen-bond donors (Lipinski definition) is 1. The minimum absolute atomic E-state index is 0.484. The zero-order valence-electron chi connectivity index (χ0n) is 10.5. The molecule has 20 heavy (non-hydrogen) atoms. The number of hydrogen-bond acceptors (Lipinski definition) is 5. The molecule has 3 aromatic rings. The first-order valence-corrected chi connectivity index (χ1v) is 7.38. The van der Waals surface area contributed by atoms with E-state index in [4.69, 9.17) is 16.1 Å². The van der Waals surface area contributed by atoms with Crippen molar-refractivity contribution in [1.29, 1.82) is 0 Å². The first kappa shape index (κ1) is 13.1. The van der Waals surface area contributed by atoms with Gasteiger partial charge in [0, 0.05) is 22.0 Å². The number of halogens is 1. The summed E-state index contributed by atoms with van der Waals surface area (Å²) in [6, 6.07) is 11.6. The van der Waals surface area contributed by atoms with Gasteiger partial charge in [-0.3, -0.25) is 0 Å². The van der Waals surface area contributed by atoms with E-state index in [0.29, 0.717) is 29.7 Å². The first-order chi connectivity index (χ1) is 9.79. The minimum Gasteiger partial charge on any atom is -0.376 e. The maximum atomic E-state index is 5.92. The van der Waals surface area contributed by atoms with E-state index in [9.17, 15) is 0 Å². The Balaban J connectivity index is 1.60. The Labute approximate surface area is 125 Å². The molecule has 0 saturated heterocycles. The normalized spacial score (nSPS) is 10.7. The Kier molecular flexibility index (Phi) is 3.99. The topological polar surface area (TPSA) is 51.0 Å². The lowest BCUT2D eigenvalue weighted by molar-refractivity contribution is 0.378. The molecule has 3 rings (SSSR count). The Morgan fingerprint density at radius 3 is 3.00 bits per heavy atom. The van der Waals surface area contributed by atoms with Gasteiger partial charge in [-0.1, -0.05) is 28.9 Å². The molecular weight excluding hydrogens is 294 g/mol. The summed E-state index contributed by atoms with van der Waals surface area (Å²) in [5, 5.41) is 9.90. The molecule has 0 atom stereocenters. The third kappa shape index (κ3) is 3.37. The second-order valence-corrected chi connectivity index (χ2v) is 5.69. The molecule has 1 N–H and O–H groups in total. The molecule has 0 saturated carbocycles. The van der Waals surface area contributed by atoms with Gasteiger partial charge < -0.3 is 9.84 Å². The Morgan fingerprint density at radius 2 is 2.20 bits per heavy atom. The molecule has 0 aliphatic heterocycles. The maximum absolute atomic E-state index is 5.92. The van der Waals surface area contributed by atoms with E-state index in [1.807, 2.05) is 35.7 Å². The largest absolute Gasteiger partial charge is 0.376 e. The number of thiophene rings is 1. The van der Waals surface area contributed by atoms with Gasteiger partial charge in [-0.25, -0.2) is 0 Å². The van der Waals surface area contributed by atoms with Crippen molar-refractivity contribution in [2.24, 2.45) is 0 Å². The number of benzene rings is 1. The Hall–Kier alpha value is -1.85. The van der Waals surface area contributed by atoms with Crippen molar-refractivity contribution in [2.45, 2.75) is 13.0 Å². The molecule has 2 heterocycles. The summed E-state index contributed by atoms with van der Waals surface area (Å²) in [7, 11) is 0. The summed E-state index contributed by atoms with van der Waals surface area (Å²) in [5.74, 6) is 1.27. The smallest absolute Gasteiger partial charge is 0.245 e. The molecule has 0 amide bonds. The van der Waals surface area contributed by atoms with E-state index < -0.39 is 0 Å². The van der Waals surface area contributed by atoms with Crippen LogP contribution in [0, 0.1) is 0 Å². The second kappa shape index (κ2) is 6.07. The van der Waals surface area contributed by atoms with Gasteiger partial charge >= 0.3 is 0 Å². The molecule has 0 fully saturated rings. The molecule has 0 unspecified atom stereocenters. The summed E-state index contributed by atoms with van der Waals surface area (Å²) >= 11 is 7.61. The third-order valence-electron chi connectivity index (χ3n) is 2.69. The lowest BCUT2D eigenvalue weighted by Gasteiger charge is -2.02. The van der Waals surface area contributed by atoms with Crippen LogP contribution in [-0.4, -0.2) is 10.1 Å². The van der Waals surface area contributed by atoms with Gasteiger partial charge in [-0.15, -0.1) is 11.3 Å². The fourth-order valence-electron chi connectivity index (χ4n) is 1.78. The molecule has 1 aromatic carbocycles. The van der Waals surface area contributed by atoms with Crippen molar-refractivity contribution < 1.29 is 4.52 Å². The van der Waals surface area contributed by atoms with Gasteiger partial charge in [0.2, 0.25) is 5.89 Å². The standard InChI is InChI=1S/C14H12ClN3OS/c15-10-3-1-4-11(7-10)16-9-14-17-13(18-19-14)8-12-5-2-6-20-12/h1-7,16H,8-9H2. The molecule has 0 spiro atoms. The first-order valence-electron chi connectivity index (χ1n) is 6.13. The van der Waals surface area contributed by atoms with Gasteiger partial charge in [-0.2, -0.15) is 4.98 Å². The van der Waals surface area contributed by atoms with Crippen LogP contribution in [0.15, 0.2) is 46.3 Å². The van der Waals surface area contributed by atoms with Crippen LogP contribution in [0.3, 0.4) is 0 Å². The van der Waals surface area contributed by atoms with Gasteiger partial charge in [0.15, 0.2) is 5.82 Å². The molecule has 2 aromatic heterocycles. The van der Waals surface area contributed by atoms with Crippen molar-refractivity contribution in [1.82, 2.24) is 10.1 Å². The van der Waals surface area contributed by atoms with Gasteiger partial charge in [-0.05, 0) is 29.6 Å². The number of rotatable bonds is 5. The molecular formula is C14H12ClN3OS. The minimum atomic E-state index is 0.484. The molecule has 0 radical (unpaired) electrons. The Morgan fingerprint density at radius 1 is 1.25 bits per heavy atom. The molecule has 4 nitrogen and oxygen atoms in total. The van der Waals surface area contributed by atoms with Crippen LogP contribution in [0.2, 0.25) is 5.02 Å². The number of nitrogens with zero attached hydrogens (tertiary/aromatic N) is 2. The van der Waals surface area contributed by atoms with Crippen LogP contribution < -0.4 is 5.32 Å². The van der Waals surface area contributed by atoms with Crippen molar-refractivity contribution in [3.63, 3.8) is 0 Å². The van der Waals surface area contributed by atoms with Crippen molar-refractivity contribution in [2.75, 3.05) is 5.32 Å². The van der Waals surface area contributed by atoms with Crippen LogP contribution >= 0.6 is 22.9 Å². The van der Waals surface area contributed by atoms with Crippen molar-refractivity contribution >= 4 is 28.6 Å². The van der Waals surface area contributed by atoms with E-state index >= 15 is 0 Å². The zero-order chi connectivity index (χ0) is 13.8. The Bertz CT molecular complexity index is 681. The van der Waals surface area contributed by atoms with Gasteiger partial charge in [0.25, 0.3) is 0 Å². The predicted octanol–water partition coefficient (Wildman–Crippen LogP) is 3.99. The highest BCUT2D eigenvalue weighted by molar-refractivity contribution is 7.09. The molecule has 0 aliphatic rings. The average molecular weight is 306 g/mol. The fourth-order valence-corrected chi connectivity index (χ4v) is 2.67. The highest BCUT2D eigenvalue weighted by Gasteiger charge is 2.07. The van der Waals surface area contributed by atoms with Crippen LogP contribution in [0.25, 0.3) is 0 Å². The summed E-state index contributed by atoms with van der Waals surface area (Å²) in [6.07, 6.45) is 0.707. The molecule has 0 bridgehead atoms. The maximum Gasteiger partial charge on any atom is 0.245 e. The van der Waals surface area contributed by atoms with Crippen LogP contribution in [0.4, 0.5) is 5.69 Å². The molecule has 6 heteroatoms. The summed E-state index contributed by atoms with van der Waals surface area (Å²) in [4.78, 5) is 5.58. The lowest BCUT2D eigenvalue weighted by Crippen LogP contribution is -1.99. The molecule has 102 valence electrons. The highest BCUT2D eigenvalue weighted by atomic mass is 35.5. The van der Waals surface area contributed by atoms with E-state index in [1.165, 1.54) is 4.88 Å². The van der Waals surface area contributed by atoms with Crippen LogP contribution in [0.5, 0.6) is 0 Å². The van der Waals surface area contributed by atoms with E-state index in [2.05, 4.69) is 21.5 Å². The van der Waals surface area contributed by atoms with E-state index in [-0.39, 0.29) is 0 Å². The number of aromatic nitrogens is 2. The zero-order valence-corrected chi connectivity index (χ0v) is 12.1. The quantitative estimate of drug-likeness (QED) is 0.774. The molecule has 0 aliphatic carbocycles. The monoisotopic (exact) mass is 305 g/mol. The second-order valence-electron chi connectivity index (χ2n) is 4.22. The van der Waals surface area contributed by atoms with Gasteiger partial charge in [0.05, 0.1) is 6.54 Å². The third-order valence-corrected chi connectivity index (χ3v) is 3.80. The number of nitrogens with one attached hydrogen (secondary N) is 1. The van der Waals surface area contributed by atoms with E-state index in [1.54, 1.807) is 11.3 Å². The summed E-state index contributed by atoms with van der Waals surface area (Å²) in [5.41, 5.74) is 0.926. The van der Waals surface area contributed by atoms with E-state index in [0.717, 1.165) is 5.69 Å². The predicted molar refractivity (Wildman–Crippen MR) is 80.2 cm³/mol. The number of anilines is 1. The average Bonchev–Trinajstić information content (AvgIpc) is 3.09. The van der Waals surface area contributed by atoms with Crippen molar-refractivity contribution in [3.05, 3.63) is 63.4 Å². The van der Waals surface area contributed by atoms with Crippen LogP contribution in [-0.2, 0) is 13.0 Å². The SMILES string of the molecule is Clc1cccc(NCc2nc(Cc3cccs3)no2)c1. The van der Waals surface area contributed by atoms with Gasteiger partial charge in [0.1, 0.15) is 0 Å². The fraction of sp³-hybridized carbons (Fsp3) is 0.143. The highest BCUT2D eigenvalue weighted by Crippen LogP contribution is 2.16. The lowest BCUT2D eigenvalue weighted by atomic mass is 10.3. The van der Waals surface area contributed by atoms with Crippen molar-refractivity contribution in [3.8, 4) is 0 Å². The summed E-state index contributed by atoms with van der Waals surface area (Å²) in [6.45, 7) is 0.484. The van der Waals surface area contributed by atoms with Crippen LogP contribution in [0.1, 0.15) is 16.6 Å². The summed E-state index contributed by atoms with van der Waals surface area (Å²) < 4.78 is 5.21.